The Hall–Kier alpha value is -4.08. The van der Waals surface area contributed by atoms with E-state index < -0.39 is 28.3 Å². The van der Waals surface area contributed by atoms with Crippen LogP contribution in [0.4, 0.5) is 17.1 Å². The van der Waals surface area contributed by atoms with Gasteiger partial charge < -0.3 is 10.1 Å². The van der Waals surface area contributed by atoms with Gasteiger partial charge in [0.2, 0.25) is 0 Å². The standard InChI is InChI=1S/C19H17N3O7/c1-12-8-16(17(22(27)28)9-13(12)2)20-18(23)11-29-19(24)7-6-14-4-3-5-15(10-14)21(25)26/h3-10H,11H2,1-2H3,(H,20,23). The Labute approximate surface area is 165 Å². The highest BCUT2D eigenvalue weighted by molar-refractivity contribution is 5.96. The summed E-state index contributed by atoms with van der Waals surface area (Å²) in [6.07, 6.45) is 2.33. The zero-order chi connectivity index (χ0) is 21.6. The number of nitrogens with zero attached hydrogens (tertiary/aromatic N) is 2. The van der Waals surface area contributed by atoms with Crippen molar-refractivity contribution >= 4 is 35.0 Å². The monoisotopic (exact) mass is 399 g/mol. The molecule has 0 heterocycles. The van der Waals surface area contributed by atoms with Gasteiger partial charge in [0, 0.05) is 24.3 Å². The number of rotatable bonds is 7. The van der Waals surface area contributed by atoms with Crippen LogP contribution >= 0.6 is 0 Å². The number of nitrogens with one attached hydrogen (secondary N) is 1. The minimum Gasteiger partial charge on any atom is -0.452 e. The van der Waals surface area contributed by atoms with Gasteiger partial charge in [-0.05, 0) is 42.7 Å². The lowest BCUT2D eigenvalue weighted by atomic mass is 10.1. The Morgan fingerprint density at radius 3 is 2.41 bits per heavy atom. The average molecular weight is 399 g/mol. The van der Waals surface area contributed by atoms with Gasteiger partial charge in [-0.2, -0.15) is 0 Å². The molecule has 150 valence electrons. The van der Waals surface area contributed by atoms with E-state index in [2.05, 4.69) is 5.32 Å². The molecule has 2 aromatic carbocycles. The van der Waals surface area contributed by atoms with Crippen LogP contribution in [0.1, 0.15) is 16.7 Å². The first-order valence-corrected chi connectivity index (χ1v) is 8.32. The predicted molar refractivity (Wildman–Crippen MR) is 104 cm³/mol. The topological polar surface area (TPSA) is 142 Å². The summed E-state index contributed by atoms with van der Waals surface area (Å²) in [7, 11) is 0. The molecule has 0 aliphatic heterocycles. The van der Waals surface area contributed by atoms with Crippen molar-refractivity contribution in [1.29, 1.82) is 0 Å². The summed E-state index contributed by atoms with van der Waals surface area (Å²) in [4.78, 5) is 44.4. The smallest absolute Gasteiger partial charge is 0.331 e. The number of ether oxygens (including phenoxy) is 1. The molecule has 29 heavy (non-hydrogen) atoms. The molecule has 2 rings (SSSR count). The number of aryl methyl sites for hydroxylation is 2. The van der Waals surface area contributed by atoms with Crippen molar-refractivity contribution in [2.24, 2.45) is 0 Å². The fourth-order valence-electron chi connectivity index (χ4n) is 2.33. The highest BCUT2D eigenvalue weighted by Gasteiger charge is 2.18. The van der Waals surface area contributed by atoms with E-state index in [9.17, 15) is 29.8 Å². The van der Waals surface area contributed by atoms with Crippen molar-refractivity contribution in [1.82, 2.24) is 0 Å². The number of hydrogen-bond donors (Lipinski definition) is 1. The van der Waals surface area contributed by atoms with Crippen LogP contribution in [0.3, 0.4) is 0 Å². The van der Waals surface area contributed by atoms with E-state index in [1.165, 1.54) is 36.4 Å². The maximum Gasteiger partial charge on any atom is 0.331 e. The number of amides is 1. The molecule has 0 aromatic heterocycles. The first-order chi connectivity index (χ1) is 13.7. The van der Waals surface area contributed by atoms with E-state index >= 15 is 0 Å². The van der Waals surface area contributed by atoms with Gasteiger partial charge in [0.05, 0.1) is 9.85 Å². The fraction of sp³-hybridized carbons (Fsp3) is 0.158. The van der Waals surface area contributed by atoms with Gasteiger partial charge in [0.1, 0.15) is 5.69 Å². The number of anilines is 1. The Bertz CT molecular complexity index is 1010. The number of esters is 1. The lowest BCUT2D eigenvalue weighted by molar-refractivity contribution is -0.384. The molecule has 0 saturated carbocycles. The van der Waals surface area contributed by atoms with Crippen molar-refractivity contribution in [3.05, 3.63) is 79.4 Å². The lowest BCUT2D eigenvalue weighted by Gasteiger charge is -2.09. The van der Waals surface area contributed by atoms with E-state index in [1.807, 2.05) is 0 Å². The van der Waals surface area contributed by atoms with Crippen LogP contribution in [0.25, 0.3) is 6.08 Å². The third kappa shape index (κ3) is 5.96. The first-order valence-electron chi connectivity index (χ1n) is 8.32. The van der Waals surface area contributed by atoms with E-state index in [4.69, 9.17) is 4.74 Å². The molecule has 0 fully saturated rings. The normalized spacial score (nSPS) is 10.6. The van der Waals surface area contributed by atoms with Crippen LogP contribution in [0, 0.1) is 34.1 Å². The highest BCUT2D eigenvalue weighted by atomic mass is 16.6. The summed E-state index contributed by atoms with van der Waals surface area (Å²) in [6, 6.07) is 8.42. The van der Waals surface area contributed by atoms with E-state index in [-0.39, 0.29) is 17.1 Å². The third-order valence-electron chi connectivity index (χ3n) is 3.92. The van der Waals surface area contributed by atoms with Crippen molar-refractivity contribution < 1.29 is 24.2 Å². The van der Waals surface area contributed by atoms with Gasteiger partial charge in [-0.1, -0.05) is 12.1 Å². The predicted octanol–water partition coefficient (Wildman–Crippen LogP) is 3.31. The quantitative estimate of drug-likeness (QED) is 0.326. The second-order valence-electron chi connectivity index (χ2n) is 6.05. The Balaban J connectivity index is 1.97. The molecule has 0 radical (unpaired) electrons. The fourth-order valence-corrected chi connectivity index (χ4v) is 2.33. The number of nitro groups is 2. The number of non-ortho nitro benzene ring substituents is 1. The highest BCUT2D eigenvalue weighted by Crippen LogP contribution is 2.27. The summed E-state index contributed by atoms with van der Waals surface area (Å²) in [5, 5.41) is 24.2. The molecule has 0 unspecified atom stereocenters. The molecule has 0 aliphatic rings. The molecule has 1 N–H and O–H groups in total. The number of benzene rings is 2. The van der Waals surface area contributed by atoms with Crippen LogP contribution < -0.4 is 5.32 Å². The molecule has 0 spiro atoms. The van der Waals surface area contributed by atoms with Crippen molar-refractivity contribution in [2.75, 3.05) is 11.9 Å². The van der Waals surface area contributed by atoms with Gasteiger partial charge in [-0.3, -0.25) is 25.0 Å². The Kier molecular flexibility index (Phi) is 6.75. The summed E-state index contributed by atoms with van der Waals surface area (Å²) < 4.78 is 4.79. The summed E-state index contributed by atoms with van der Waals surface area (Å²) in [6.45, 7) is 2.80. The van der Waals surface area contributed by atoms with Crippen molar-refractivity contribution in [2.45, 2.75) is 13.8 Å². The molecular weight excluding hydrogens is 382 g/mol. The second-order valence-corrected chi connectivity index (χ2v) is 6.05. The number of carbonyl (C=O) groups excluding carboxylic acids is 2. The van der Waals surface area contributed by atoms with Crippen LogP contribution in [-0.2, 0) is 14.3 Å². The minimum atomic E-state index is -0.846. The van der Waals surface area contributed by atoms with E-state index in [0.29, 0.717) is 11.1 Å². The molecule has 0 saturated heterocycles. The molecule has 10 nitrogen and oxygen atoms in total. The van der Waals surface area contributed by atoms with E-state index in [0.717, 1.165) is 11.6 Å². The summed E-state index contributed by atoms with van der Waals surface area (Å²) in [5.74, 6) is -1.59. The third-order valence-corrected chi connectivity index (χ3v) is 3.92. The Morgan fingerprint density at radius 2 is 1.76 bits per heavy atom. The maximum atomic E-state index is 12.0. The number of hydrogen-bond acceptors (Lipinski definition) is 7. The molecule has 0 atom stereocenters. The van der Waals surface area contributed by atoms with Gasteiger partial charge in [-0.15, -0.1) is 0 Å². The van der Waals surface area contributed by atoms with Gasteiger partial charge in [0.15, 0.2) is 6.61 Å². The average Bonchev–Trinajstić information content (AvgIpc) is 2.67. The summed E-state index contributed by atoms with van der Waals surface area (Å²) >= 11 is 0. The zero-order valence-corrected chi connectivity index (χ0v) is 15.6. The second kappa shape index (κ2) is 9.22. The van der Waals surface area contributed by atoms with Crippen LogP contribution in [0.2, 0.25) is 0 Å². The number of carbonyl (C=O) groups is 2. The molecule has 2 aromatic rings. The molecule has 0 aliphatic carbocycles. The van der Waals surface area contributed by atoms with Gasteiger partial charge >= 0.3 is 5.97 Å². The first kappa shape index (κ1) is 21.2. The SMILES string of the molecule is Cc1cc(NC(=O)COC(=O)C=Cc2cccc([N+](=O)[O-])c2)c([N+](=O)[O-])cc1C. The van der Waals surface area contributed by atoms with Crippen LogP contribution in [0.15, 0.2) is 42.5 Å². The summed E-state index contributed by atoms with van der Waals surface area (Å²) in [5.41, 5.74) is 1.47. The van der Waals surface area contributed by atoms with Gasteiger partial charge in [0.25, 0.3) is 17.3 Å². The van der Waals surface area contributed by atoms with E-state index in [1.54, 1.807) is 19.9 Å². The molecule has 1 amide bonds. The largest absolute Gasteiger partial charge is 0.452 e. The maximum absolute atomic E-state index is 12.0. The molecule has 10 heteroatoms. The van der Waals surface area contributed by atoms with Crippen LogP contribution in [-0.4, -0.2) is 28.3 Å². The number of nitro benzene ring substituents is 2. The minimum absolute atomic E-state index is 0.00582. The van der Waals surface area contributed by atoms with Crippen molar-refractivity contribution in [3.63, 3.8) is 0 Å². The zero-order valence-electron chi connectivity index (χ0n) is 15.6. The lowest BCUT2D eigenvalue weighted by Crippen LogP contribution is -2.20. The molecule has 0 bridgehead atoms. The van der Waals surface area contributed by atoms with Crippen LogP contribution in [0.5, 0.6) is 0 Å². The van der Waals surface area contributed by atoms with Gasteiger partial charge in [-0.25, -0.2) is 4.79 Å². The Morgan fingerprint density at radius 1 is 1.07 bits per heavy atom. The van der Waals surface area contributed by atoms with Crippen molar-refractivity contribution in [3.8, 4) is 0 Å². The molecular formula is C19H17N3O7.